The molecule has 0 saturated carbocycles. The molecule has 0 aliphatic rings. The van der Waals surface area contributed by atoms with Crippen LogP contribution in [0.15, 0.2) is 42.6 Å². The smallest absolute Gasteiger partial charge is 0.406 e. The molecular weight excluding hydrogens is 269 g/mol. The van der Waals surface area contributed by atoms with Crippen LogP contribution in [-0.4, -0.2) is 11.3 Å². The fourth-order valence-corrected chi connectivity index (χ4v) is 1.59. The van der Waals surface area contributed by atoms with E-state index in [1.165, 1.54) is 12.1 Å². The number of halogens is 3. The summed E-state index contributed by atoms with van der Waals surface area (Å²) in [6.07, 6.45) is -2.95. The van der Waals surface area contributed by atoms with Gasteiger partial charge < -0.3 is 10.1 Å². The molecule has 106 valence electrons. The topological polar surface area (TPSA) is 34.1 Å². The van der Waals surface area contributed by atoms with Crippen molar-refractivity contribution in [1.82, 2.24) is 4.98 Å². The highest BCUT2D eigenvalue weighted by Crippen LogP contribution is 2.22. The van der Waals surface area contributed by atoms with Gasteiger partial charge in [-0.1, -0.05) is 12.1 Å². The standard InChI is InChI=1S/C14H13F3N2O/c1-10-2-5-12(9-18-10)19-8-11-3-6-13(7-4-11)20-14(15,16)17/h2-7,9,19H,8H2,1H3. The van der Waals surface area contributed by atoms with Gasteiger partial charge in [-0.05, 0) is 36.8 Å². The molecule has 0 fully saturated rings. The van der Waals surface area contributed by atoms with Crippen LogP contribution in [0, 0.1) is 6.92 Å². The van der Waals surface area contributed by atoms with Crippen LogP contribution < -0.4 is 10.1 Å². The Morgan fingerprint density at radius 1 is 1.10 bits per heavy atom. The Labute approximate surface area is 114 Å². The molecule has 2 rings (SSSR count). The Kier molecular flexibility index (Phi) is 4.12. The van der Waals surface area contributed by atoms with E-state index in [-0.39, 0.29) is 5.75 Å². The second-order valence-corrected chi connectivity index (χ2v) is 4.23. The molecule has 0 radical (unpaired) electrons. The molecule has 0 spiro atoms. The monoisotopic (exact) mass is 282 g/mol. The van der Waals surface area contributed by atoms with E-state index in [4.69, 9.17) is 0 Å². The first-order chi connectivity index (χ1) is 9.42. The average molecular weight is 282 g/mol. The second kappa shape index (κ2) is 5.81. The van der Waals surface area contributed by atoms with Crippen LogP contribution in [-0.2, 0) is 6.54 Å². The molecule has 0 aliphatic heterocycles. The molecule has 1 heterocycles. The predicted octanol–water partition coefficient (Wildman–Crippen LogP) is 3.90. The number of benzene rings is 1. The summed E-state index contributed by atoms with van der Waals surface area (Å²) >= 11 is 0. The normalized spacial score (nSPS) is 11.2. The number of anilines is 1. The number of aryl methyl sites for hydroxylation is 1. The summed E-state index contributed by atoms with van der Waals surface area (Å²) in [5.74, 6) is -0.224. The largest absolute Gasteiger partial charge is 0.573 e. The van der Waals surface area contributed by atoms with Gasteiger partial charge in [0.1, 0.15) is 5.75 Å². The zero-order valence-electron chi connectivity index (χ0n) is 10.7. The van der Waals surface area contributed by atoms with Gasteiger partial charge in [0.05, 0.1) is 11.9 Å². The lowest BCUT2D eigenvalue weighted by atomic mass is 10.2. The SMILES string of the molecule is Cc1ccc(NCc2ccc(OC(F)(F)F)cc2)cn1. The van der Waals surface area contributed by atoms with Crippen molar-refractivity contribution in [2.45, 2.75) is 19.8 Å². The third-order valence-corrected chi connectivity index (χ3v) is 2.56. The molecule has 2 aromatic rings. The molecule has 0 amide bonds. The van der Waals surface area contributed by atoms with Crippen LogP contribution in [0.2, 0.25) is 0 Å². The first-order valence-corrected chi connectivity index (χ1v) is 5.93. The van der Waals surface area contributed by atoms with Crippen LogP contribution in [0.1, 0.15) is 11.3 Å². The van der Waals surface area contributed by atoms with Crippen molar-refractivity contribution in [2.75, 3.05) is 5.32 Å². The van der Waals surface area contributed by atoms with Crippen molar-refractivity contribution in [3.8, 4) is 5.75 Å². The molecule has 0 aliphatic carbocycles. The lowest BCUT2D eigenvalue weighted by Crippen LogP contribution is -2.17. The minimum absolute atomic E-state index is 0.224. The Balaban J connectivity index is 1.92. The number of ether oxygens (including phenoxy) is 1. The number of pyridine rings is 1. The Morgan fingerprint density at radius 3 is 2.35 bits per heavy atom. The molecular formula is C14H13F3N2O. The molecule has 20 heavy (non-hydrogen) atoms. The van der Waals surface area contributed by atoms with Crippen LogP contribution in [0.5, 0.6) is 5.75 Å². The molecule has 0 atom stereocenters. The minimum atomic E-state index is -4.66. The number of nitrogens with zero attached hydrogens (tertiary/aromatic N) is 1. The van der Waals surface area contributed by atoms with Gasteiger partial charge in [-0.3, -0.25) is 4.98 Å². The maximum atomic E-state index is 12.0. The fourth-order valence-electron chi connectivity index (χ4n) is 1.59. The summed E-state index contributed by atoms with van der Waals surface area (Å²) < 4.78 is 39.8. The Hall–Kier alpha value is -2.24. The van der Waals surface area contributed by atoms with E-state index in [0.717, 1.165) is 16.9 Å². The lowest BCUT2D eigenvalue weighted by Gasteiger charge is -2.10. The molecule has 0 unspecified atom stereocenters. The zero-order valence-corrected chi connectivity index (χ0v) is 10.7. The first-order valence-electron chi connectivity index (χ1n) is 5.93. The summed E-state index contributed by atoms with van der Waals surface area (Å²) in [5.41, 5.74) is 2.62. The number of hydrogen-bond acceptors (Lipinski definition) is 3. The molecule has 1 aromatic heterocycles. The van der Waals surface area contributed by atoms with E-state index in [0.29, 0.717) is 6.54 Å². The summed E-state index contributed by atoms with van der Waals surface area (Å²) in [6, 6.07) is 9.51. The molecule has 6 heteroatoms. The van der Waals surface area contributed by atoms with Crippen molar-refractivity contribution in [3.05, 3.63) is 53.9 Å². The lowest BCUT2D eigenvalue weighted by molar-refractivity contribution is -0.274. The maximum Gasteiger partial charge on any atom is 0.573 e. The van der Waals surface area contributed by atoms with E-state index in [1.807, 2.05) is 19.1 Å². The zero-order chi connectivity index (χ0) is 14.6. The van der Waals surface area contributed by atoms with Crippen molar-refractivity contribution in [2.24, 2.45) is 0 Å². The van der Waals surface area contributed by atoms with Crippen molar-refractivity contribution < 1.29 is 17.9 Å². The highest BCUT2D eigenvalue weighted by Gasteiger charge is 2.30. The Morgan fingerprint density at radius 2 is 1.80 bits per heavy atom. The van der Waals surface area contributed by atoms with Gasteiger partial charge in [0.2, 0.25) is 0 Å². The van der Waals surface area contributed by atoms with Crippen molar-refractivity contribution in [1.29, 1.82) is 0 Å². The number of nitrogens with one attached hydrogen (secondary N) is 1. The van der Waals surface area contributed by atoms with Gasteiger partial charge in [-0.25, -0.2) is 0 Å². The molecule has 1 N–H and O–H groups in total. The molecule has 3 nitrogen and oxygen atoms in total. The summed E-state index contributed by atoms with van der Waals surface area (Å²) in [6.45, 7) is 2.39. The highest BCUT2D eigenvalue weighted by atomic mass is 19.4. The molecule has 0 saturated heterocycles. The third kappa shape index (κ3) is 4.46. The van der Waals surface area contributed by atoms with Crippen LogP contribution in [0.3, 0.4) is 0 Å². The summed E-state index contributed by atoms with van der Waals surface area (Å²) in [4.78, 5) is 4.14. The predicted molar refractivity (Wildman–Crippen MR) is 69.4 cm³/mol. The van der Waals surface area contributed by atoms with E-state index >= 15 is 0 Å². The minimum Gasteiger partial charge on any atom is -0.406 e. The van der Waals surface area contributed by atoms with Gasteiger partial charge in [-0.15, -0.1) is 13.2 Å². The first kappa shape index (κ1) is 14.2. The molecule has 1 aromatic carbocycles. The second-order valence-electron chi connectivity index (χ2n) is 4.23. The maximum absolute atomic E-state index is 12.0. The summed E-state index contributed by atoms with van der Waals surface area (Å²) in [5, 5.41) is 3.13. The Bertz CT molecular complexity index is 550. The number of rotatable bonds is 4. The van der Waals surface area contributed by atoms with Crippen LogP contribution in [0.4, 0.5) is 18.9 Å². The average Bonchev–Trinajstić information content (AvgIpc) is 2.38. The number of hydrogen-bond donors (Lipinski definition) is 1. The van der Waals surface area contributed by atoms with E-state index in [2.05, 4.69) is 15.0 Å². The molecule has 0 bridgehead atoms. The van der Waals surface area contributed by atoms with Crippen molar-refractivity contribution in [3.63, 3.8) is 0 Å². The van der Waals surface area contributed by atoms with Gasteiger partial charge in [0.25, 0.3) is 0 Å². The number of alkyl halides is 3. The van der Waals surface area contributed by atoms with Gasteiger partial charge >= 0.3 is 6.36 Å². The van der Waals surface area contributed by atoms with Crippen LogP contribution >= 0.6 is 0 Å². The van der Waals surface area contributed by atoms with Gasteiger partial charge in [-0.2, -0.15) is 0 Å². The van der Waals surface area contributed by atoms with Crippen molar-refractivity contribution >= 4 is 5.69 Å². The van der Waals surface area contributed by atoms with E-state index < -0.39 is 6.36 Å². The van der Waals surface area contributed by atoms with E-state index in [9.17, 15) is 13.2 Å². The quantitative estimate of drug-likeness (QED) is 0.923. The highest BCUT2D eigenvalue weighted by molar-refractivity contribution is 5.42. The van der Waals surface area contributed by atoms with Crippen LogP contribution in [0.25, 0.3) is 0 Å². The van der Waals surface area contributed by atoms with E-state index in [1.54, 1.807) is 18.3 Å². The summed E-state index contributed by atoms with van der Waals surface area (Å²) in [7, 11) is 0. The number of aromatic nitrogens is 1. The fraction of sp³-hybridized carbons (Fsp3) is 0.214. The third-order valence-electron chi connectivity index (χ3n) is 2.56. The van der Waals surface area contributed by atoms with Gasteiger partial charge in [0.15, 0.2) is 0 Å². The van der Waals surface area contributed by atoms with Gasteiger partial charge in [0, 0.05) is 12.2 Å².